The third kappa shape index (κ3) is 9.18. The summed E-state index contributed by atoms with van der Waals surface area (Å²) in [7, 11) is 1.23. The highest BCUT2D eigenvalue weighted by Crippen LogP contribution is 2.11. The zero-order chi connectivity index (χ0) is 25.8. The maximum atomic E-state index is 13.1. The lowest BCUT2D eigenvalue weighted by Gasteiger charge is -2.26. The van der Waals surface area contributed by atoms with E-state index in [1.807, 2.05) is 13.0 Å². The third-order valence-corrected chi connectivity index (χ3v) is 5.36. The molecule has 1 aromatic carbocycles. The fourth-order valence-electron chi connectivity index (χ4n) is 3.07. The standard InChI is InChI=1S/C23H34N4O7/c1-5-13(2)19(23(33)34-4)27-22(32)17(11-15-9-7-6-8-10-15)26-20(30)14(3)25-21(31)16(24)12-18(28)29/h6-10,13-14,16-17,19H,5,11-12,24H2,1-4H3,(H,25,31)(H,26,30)(H,27,32)(H,28,29)/t13-,14-,16-,17-,19-/m0/s1. The number of aliphatic carboxylic acids is 1. The largest absolute Gasteiger partial charge is 0.481 e. The molecule has 188 valence electrons. The van der Waals surface area contributed by atoms with Gasteiger partial charge < -0.3 is 31.5 Å². The predicted molar refractivity (Wildman–Crippen MR) is 123 cm³/mol. The number of hydrogen-bond donors (Lipinski definition) is 5. The molecule has 0 radical (unpaired) electrons. The molecular formula is C23H34N4O7. The zero-order valence-electron chi connectivity index (χ0n) is 19.9. The average molecular weight is 479 g/mol. The molecule has 0 saturated carbocycles. The Kier molecular flexibility index (Phi) is 11.7. The van der Waals surface area contributed by atoms with Crippen molar-refractivity contribution in [2.24, 2.45) is 11.7 Å². The molecule has 0 fully saturated rings. The number of carboxylic acids is 1. The molecular weight excluding hydrogens is 444 g/mol. The third-order valence-electron chi connectivity index (χ3n) is 5.36. The van der Waals surface area contributed by atoms with E-state index in [9.17, 15) is 24.0 Å². The van der Waals surface area contributed by atoms with Gasteiger partial charge in [-0.3, -0.25) is 19.2 Å². The first-order valence-electron chi connectivity index (χ1n) is 11.0. The Morgan fingerprint density at radius 2 is 1.59 bits per heavy atom. The summed E-state index contributed by atoms with van der Waals surface area (Å²) < 4.78 is 4.81. The Morgan fingerprint density at radius 1 is 0.971 bits per heavy atom. The van der Waals surface area contributed by atoms with Crippen LogP contribution in [0.25, 0.3) is 0 Å². The molecule has 6 N–H and O–H groups in total. The maximum Gasteiger partial charge on any atom is 0.328 e. The van der Waals surface area contributed by atoms with Crippen LogP contribution in [0.4, 0.5) is 0 Å². The van der Waals surface area contributed by atoms with Crippen LogP contribution in [0.1, 0.15) is 39.2 Å². The second kappa shape index (κ2) is 13.9. The summed E-state index contributed by atoms with van der Waals surface area (Å²) in [5.41, 5.74) is 6.29. The van der Waals surface area contributed by atoms with Crippen LogP contribution in [0, 0.1) is 5.92 Å². The van der Waals surface area contributed by atoms with E-state index in [1.165, 1.54) is 14.0 Å². The van der Waals surface area contributed by atoms with E-state index in [2.05, 4.69) is 16.0 Å². The van der Waals surface area contributed by atoms with E-state index >= 15 is 0 Å². The Bertz CT molecular complexity index is 862. The van der Waals surface area contributed by atoms with Gasteiger partial charge in [-0.15, -0.1) is 0 Å². The molecule has 0 bridgehead atoms. The monoisotopic (exact) mass is 478 g/mol. The number of hydrogen-bond acceptors (Lipinski definition) is 7. The molecule has 0 unspecified atom stereocenters. The number of nitrogens with two attached hydrogens (primary N) is 1. The van der Waals surface area contributed by atoms with Crippen molar-refractivity contribution >= 4 is 29.7 Å². The van der Waals surface area contributed by atoms with E-state index in [-0.39, 0.29) is 12.3 Å². The van der Waals surface area contributed by atoms with Crippen LogP contribution in [0.3, 0.4) is 0 Å². The molecule has 1 rings (SSSR count). The number of amides is 3. The van der Waals surface area contributed by atoms with Gasteiger partial charge in [0, 0.05) is 6.42 Å². The van der Waals surface area contributed by atoms with Crippen LogP contribution in [-0.4, -0.2) is 66.0 Å². The molecule has 11 heteroatoms. The van der Waals surface area contributed by atoms with Crippen molar-refractivity contribution < 1.29 is 33.8 Å². The normalized spacial score (nSPS) is 15.1. The second-order valence-corrected chi connectivity index (χ2v) is 8.08. The van der Waals surface area contributed by atoms with Crippen molar-refractivity contribution in [2.75, 3.05) is 7.11 Å². The fourth-order valence-corrected chi connectivity index (χ4v) is 3.07. The molecule has 0 heterocycles. The van der Waals surface area contributed by atoms with E-state index in [4.69, 9.17) is 15.6 Å². The Balaban J connectivity index is 2.99. The molecule has 34 heavy (non-hydrogen) atoms. The lowest BCUT2D eigenvalue weighted by atomic mass is 9.98. The average Bonchev–Trinajstić information content (AvgIpc) is 2.80. The molecule has 0 aliphatic carbocycles. The number of nitrogens with one attached hydrogen (secondary N) is 3. The first-order chi connectivity index (χ1) is 16.0. The van der Waals surface area contributed by atoms with Crippen molar-refractivity contribution in [1.29, 1.82) is 0 Å². The SMILES string of the molecule is CC[C@H](C)[C@H](NC(=O)[C@H](Cc1ccccc1)NC(=O)[C@H](C)NC(=O)[C@@H](N)CC(=O)O)C(=O)OC. The van der Waals surface area contributed by atoms with Crippen molar-refractivity contribution in [2.45, 2.75) is 64.2 Å². The minimum atomic E-state index is -1.33. The topological polar surface area (TPSA) is 177 Å². The predicted octanol–water partition coefficient (Wildman–Crippen LogP) is -0.275. The van der Waals surface area contributed by atoms with Gasteiger partial charge in [0.1, 0.15) is 18.1 Å². The molecule has 0 saturated heterocycles. The highest BCUT2D eigenvalue weighted by Gasteiger charge is 2.31. The number of esters is 1. The van der Waals surface area contributed by atoms with Gasteiger partial charge in [-0.25, -0.2) is 4.79 Å². The molecule has 0 aliphatic heterocycles. The van der Waals surface area contributed by atoms with Crippen LogP contribution >= 0.6 is 0 Å². The van der Waals surface area contributed by atoms with Gasteiger partial charge in [-0.2, -0.15) is 0 Å². The van der Waals surface area contributed by atoms with Crippen LogP contribution in [0.15, 0.2) is 30.3 Å². The van der Waals surface area contributed by atoms with Crippen LogP contribution in [-0.2, 0) is 35.1 Å². The number of carbonyl (C=O) groups is 5. The Labute approximate surface area is 198 Å². The lowest BCUT2D eigenvalue weighted by molar-refractivity contribution is -0.147. The number of methoxy groups -OCH3 is 1. The summed E-state index contributed by atoms with van der Waals surface area (Å²) in [6, 6.07) is 4.58. The van der Waals surface area contributed by atoms with E-state index in [0.29, 0.717) is 6.42 Å². The van der Waals surface area contributed by atoms with Crippen molar-refractivity contribution in [1.82, 2.24) is 16.0 Å². The molecule has 0 aromatic heterocycles. The lowest BCUT2D eigenvalue weighted by Crippen LogP contribution is -2.57. The maximum absolute atomic E-state index is 13.1. The quantitative estimate of drug-likeness (QED) is 0.240. The molecule has 0 aliphatic rings. The van der Waals surface area contributed by atoms with Crippen LogP contribution in [0.5, 0.6) is 0 Å². The Hall–Kier alpha value is -3.47. The zero-order valence-corrected chi connectivity index (χ0v) is 19.9. The van der Waals surface area contributed by atoms with Crippen molar-refractivity contribution in [3.8, 4) is 0 Å². The molecule has 11 nitrogen and oxygen atoms in total. The second-order valence-electron chi connectivity index (χ2n) is 8.08. The molecule has 1 aromatic rings. The first-order valence-corrected chi connectivity index (χ1v) is 11.0. The van der Waals surface area contributed by atoms with Crippen molar-refractivity contribution in [3.05, 3.63) is 35.9 Å². The van der Waals surface area contributed by atoms with Crippen molar-refractivity contribution in [3.63, 3.8) is 0 Å². The Morgan fingerprint density at radius 3 is 2.12 bits per heavy atom. The molecule has 3 amide bonds. The minimum absolute atomic E-state index is 0.131. The summed E-state index contributed by atoms with van der Waals surface area (Å²) in [6.45, 7) is 5.05. The van der Waals surface area contributed by atoms with Crippen LogP contribution in [0.2, 0.25) is 0 Å². The minimum Gasteiger partial charge on any atom is -0.481 e. The van der Waals surface area contributed by atoms with Gasteiger partial charge >= 0.3 is 11.9 Å². The van der Waals surface area contributed by atoms with Gasteiger partial charge in [0.05, 0.1) is 19.6 Å². The van der Waals surface area contributed by atoms with E-state index in [0.717, 1.165) is 5.56 Å². The summed E-state index contributed by atoms with van der Waals surface area (Å²) in [4.78, 5) is 60.8. The summed E-state index contributed by atoms with van der Waals surface area (Å²) in [5.74, 6) is -4.13. The summed E-state index contributed by atoms with van der Waals surface area (Å²) in [5, 5.41) is 16.4. The van der Waals surface area contributed by atoms with E-state index < -0.39 is 60.2 Å². The number of rotatable bonds is 13. The van der Waals surface area contributed by atoms with Crippen LogP contribution < -0.4 is 21.7 Å². The first kappa shape index (κ1) is 28.6. The van der Waals surface area contributed by atoms with Gasteiger partial charge in [-0.05, 0) is 18.4 Å². The molecule has 0 spiro atoms. The van der Waals surface area contributed by atoms with Gasteiger partial charge in [0.15, 0.2) is 0 Å². The fraction of sp³-hybridized carbons (Fsp3) is 0.522. The number of carbonyl (C=O) groups excluding carboxylic acids is 4. The number of ether oxygens (including phenoxy) is 1. The highest BCUT2D eigenvalue weighted by molar-refractivity contribution is 5.94. The molecule has 5 atom stereocenters. The van der Waals surface area contributed by atoms with Gasteiger partial charge in [0.2, 0.25) is 17.7 Å². The van der Waals surface area contributed by atoms with Gasteiger partial charge in [0.25, 0.3) is 0 Å². The number of carboxylic acid groups (broad SMARTS) is 1. The van der Waals surface area contributed by atoms with Gasteiger partial charge in [-0.1, -0.05) is 50.6 Å². The smallest absolute Gasteiger partial charge is 0.328 e. The van der Waals surface area contributed by atoms with E-state index in [1.54, 1.807) is 31.2 Å². The number of benzene rings is 1. The summed E-state index contributed by atoms with van der Waals surface area (Å²) in [6.07, 6.45) is 0.144. The summed E-state index contributed by atoms with van der Waals surface area (Å²) >= 11 is 0. The highest BCUT2D eigenvalue weighted by atomic mass is 16.5.